The lowest BCUT2D eigenvalue weighted by molar-refractivity contribution is 0.0991. The molecule has 2 aromatic carbocycles. The number of carbonyl (C=O) groups excluding carboxylic acids is 2. The van der Waals surface area contributed by atoms with Gasteiger partial charge in [0.15, 0.2) is 11.6 Å². The second kappa shape index (κ2) is 12.5. The van der Waals surface area contributed by atoms with E-state index in [9.17, 15) is 9.59 Å². The molecule has 0 heterocycles. The standard InChI is InChI=1S/C30H40N2O2/c1-9-26-15-22(5)30(23(6)16-26)28(34)18-25(8)32-12-10-11-31-24(7)17-27(33)29-20(3)13-19(2)14-21(29)4/h13-16H,9-12,17-18H2,1-8H3. The van der Waals surface area contributed by atoms with Crippen LogP contribution in [0.15, 0.2) is 34.3 Å². The van der Waals surface area contributed by atoms with Gasteiger partial charge in [-0.1, -0.05) is 36.8 Å². The zero-order valence-corrected chi connectivity index (χ0v) is 22.3. The summed E-state index contributed by atoms with van der Waals surface area (Å²) in [6, 6.07) is 8.33. The molecule has 0 spiro atoms. The van der Waals surface area contributed by atoms with Crippen LogP contribution in [0, 0.1) is 34.6 Å². The highest BCUT2D eigenvalue weighted by Crippen LogP contribution is 2.20. The van der Waals surface area contributed by atoms with E-state index in [0.29, 0.717) is 25.9 Å². The Bertz CT molecular complexity index is 1080. The number of hydrogen-bond acceptors (Lipinski definition) is 4. The van der Waals surface area contributed by atoms with Crippen LogP contribution >= 0.6 is 0 Å². The summed E-state index contributed by atoms with van der Waals surface area (Å²) >= 11 is 0. The Kier molecular flexibility index (Phi) is 10.1. The van der Waals surface area contributed by atoms with Crippen LogP contribution in [-0.2, 0) is 6.42 Å². The summed E-state index contributed by atoms with van der Waals surface area (Å²) in [5.74, 6) is 0.258. The van der Waals surface area contributed by atoms with Gasteiger partial charge in [0.2, 0.25) is 0 Å². The predicted octanol–water partition coefficient (Wildman–Crippen LogP) is 6.95. The first-order chi connectivity index (χ1) is 16.0. The maximum atomic E-state index is 12.8. The Hall–Kier alpha value is -2.88. The molecule has 0 radical (unpaired) electrons. The van der Waals surface area contributed by atoms with Crippen molar-refractivity contribution in [3.8, 4) is 0 Å². The van der Waals surface area contributed by atoms with Crippen LogP contribution < -0.4 is 0 Å². The number of aryl methyl sites for hydroxylation is 6. The summed E-state index contributed by atoms with van der Waals surface area (Å²) in [5, 5.41) is 0. The molecule has 182 valence electrons. The largest absolute Gasteiger partial charge is 0.294 e. The maximum absolute atomic E-state index is 12.8. The smallest absolute Gasteiger partial charge is 0.168 e. The van der Waals surface area contributed by atoms with Crippen LogP contribution in [-0.4, -0.2) is 36.1 Å². The molecule has 0 unspecified atom stereocenters. The summed E-state index contributed by atoms with van der Waals surface area (Å²) in [4.78, 5) is 34.7. The summed E-state index contributed by atoms with van der Waals surface area (Å²) in [6.45, 7) is 17.3. The number of nitrogens with zero attached hydrogens (tertiary/aromatic N) is 2. The normalized spacial score (nSPS) is 12.2. The highest BCUT2D eigenvalue weighted by Gasteiger charge is 2.15. The molecule has 0 atom stereocenters. The minimum absolute atomic E-state index is 0.126. The summed E-state index contributed by atoms with van der Waals surface area (Å²) < 4.78 is 0. The second-order valence-corrected chi connectivity index (χ2v) is 9.52. The lowest BCUT2D eigenvalue weighted by atomic mass is 9.93. The SMILES string of the molecule is CCc1cc(C)c(C(=O)CC(C)=NCCCN=C(C)CC(=O)c2c(C)cc(C)cc2C)c(C)c1. The van der Waals surface area contributed by atoms with Gasteiger partial charge in [-0.15, -0.1) is 0 Å². The number of carbonyl (C=O) groups is 2. The lowest BCUT2D eigenvalue weighted by Gasteiger charge is -2.11. The van der Waals surface area contributed by atoms with Crippen LogP contribution in [0.1, 0.15) is 94.1 Å². The molecule has 0 amide bonds. The molecule has 0 aliphatic heterocycles. The number of benzene rings is 2. The highest BCUT2D eigenvalue weighted by atomic mass is 16.1. The zero-order chi connectivity index (χ0) is 25.4. The Labute approximate surface area is 205 Å². The molecule has 0 N–H and O–H groups in total. The Morgan fingerprint density at radius 2 is 1.06 bits per heavy atom. The fourth-order valence-electron chi connectivity index (χ4n) is 4.68. The molecule has 2 rings (SSSR count). The third kappa shape index (κ3) is 7.58. The quantitative estimate of drug-likeness (QED) is 0.207. The van der Waals surface area contributed by atoms with E-state index in [4.69, 9.17) is 0 Å². The first kappa shape index (κ1) is 27.4. The second-order valence-electron chi connectivity index (χ2n) is 9.52. The molecule has 0 aliphatic carbocycles. The van der Waals surface area contributed by atoms with Gasteiger partial charge in [-0.05, 0) is 89.1 Å². The van der Waals surface area contributed by atoms with Gasteiger partial charge in [0.25, 0.3) is 0 Å². The predicted molar refractivity (Wildman–Crippen MR) is 144 cm³/mol. The molecule has 0 aliphatic rings. The number of Topliss-reactive ketones (excluding diaryl/α,β-unsaturated/α-hetero) is 2. The molecule has 0 saturated heterocycles. The van der Waals surface area contributed by atoms with E-state index >= 15 is 0 Å². The lowest BCUT2D eigenvalue weighted by Crippen LogP contribution is -2.11. The molecule has 4 heteroatoms. The Balaban J connectivity index is 1.86. The third-order valence-corrected chi connectivity index (χ3v) is 6.15. The van der Waals surface area contributed by atoms with E-state index in [-0.39, 0.29) is 11.6 Å². The third-order valence-electron chi connectivity index (χ3n) is 6.15. The topological polar surface area (TPSA) is 58.9 Å². The number of ketones is 2. The first-order valence-electron chi connectivity index (χ1n) is 12.3. The van der Waals surface area contributed by atoms with E-state index in [1.54, 1.807) is 0 Å². The van der Waals surface area contributed by atoms with Gasteiger partial charge in [0, 0.05) is 48.5 Å². The molecule has 4 nitrogen and oxygen atoms in total. The number of aliphatic imine (C=N–C) groups is 2. The van der Waals surface area contributed by atoms with Crippen molar-refractivity contribution in [2.45, 2.75) is 81.1 Å². The van der Waals surface area contributed by atoms with Gasteiger partial charge in [0.05, 0.1) is 0 Å². The monoisotopic (exact) mass is 460 g/mol. The summed E-state index contributed by atoms with van der Waals surface area (Å²) in [6.07, 6.45) is 2.46. The van der Waals surface area contributed by atoms with Crippen molar-refractivity contribution in [2.24, 2.45) is 9.98 Å². The van der Waals surface area contributed by atoms with E-state index in [1.807, 2.05) is 48.5 Å². The average molecular weight is 461 g/mol. The Morgan fingerprint density at radius 1 is 0.676 bits per heavy atom. The zero-order valence-electron chi connectivity index (χ0n) is 22.3. The van der Waals surface area contributed by atoms with Crippen molar-refractivity contribution in [3.05, 3.63) is 68.8 Å². The van der Waals surface area contributed by atoms with Crippen molar-refractivity contribution in [1.29, 1.82) is 0 Å². The molecule has 0 bridgehead atoms. The number of hydrogen-bond donors (Lipinski definition) is 0. The highest BCUT2D eigenvalue weighted by molar-refractivity contribution is 6.11. The van der Waals surface area contributed by atoms with Crippen LogP contribution in [0.2, 0.25) is 0 Å². The van der Waals surface area contributed by atoms with Gasteiger partial charge >= 0.3 is 0 Å². The van der Waals surface area contributed by atoms with Crippen LogP contribution in [0.5, 0.6) is 0 Å². The molecular formula is C30H40N2O2. The first-order valence-corrected chi connectivity index (χ1v) is 12.3. The van der Waals surface area contributed by atoms with Gasteiger partial charge in [0.1, 0.15) is 0 Å². The average Bonchev–Trinajstić information content (AvgIpc) is 2.71. The summed E-state index contributed by atoms with van der Waals surface area (Å²) in [5.41, 5.74) is 9.94. The van der Waals surface area contributed by atoms with Crippen molar-refractivity contribution in [1.82, 2.24) is 0 Å². The van der Waals surface area contributed by atoms with E-state index in [1.165, 1.54) is 11.1 Å². The fourth-order valence-corrected chi connectivity index (χ4v) is 4.68. The van der Waals surface area contributed by atoms with E-state index in [2.05, 4.69) is 41.2 Å². The molecule has 2 aromatic rings. The molecule has 0 fully saturated rings. The van der Waals surface area contributed by atoms with Crippen molar-refractivity contribution >= 4 is 23.0 Å². The molecular weight excluding hydrogens is 420 g/mol. The summed E-state index contributed by atoms with van der Waals surface area (Å²) in [7, 11) is 0. The molecule has 0 saturated carbocycles. The van der Waals surface area contributed by atoms with Crippen molar-refractivity contribution in [3.63, 3.8) is 0 Å². The van der Waals surface area contributed by atoms with Crippen molar-refractivity contribution in [2.75, 3.05) is 13.1 Å². The molecule has 34 heavy (non-hydrogen) atoms. The maximum Gasteiger partial charge on any atom is 0.168 e. The fraction of sp³-hybridized carbons (Fsp3) is 0.467. The minimum atomic E-state index is 0.126. The molecule has 0 aromatic heterocycles. The minimum Gasteiger partial charge on any atom is -0.294 e. The van der Waals surface area contributed by atoms with Crippen LogP contribution in [0.25, 0.3) is 0 Å². The van der Waals surface area contributed by atoms with E-state index < -0.39 is 0 Å². The van der Waals surface area contributed by atoms with Crippen LogP contribution in [0.3, 0.4) is 0 Å². The van der Waals surface area contributed by atoms with Gasteiger partial charge in [-0.3, -0.25) is 19.6 Å². The number of rotatable bonds is 11. The van der Waals surface area contributed by atoms with Gasteiger partial charge < -0.3 is 0 Å². The van der Waals surface area contributed by atoms with Gasteiger partial charge in [-0.25, -0.2) is 0 Å². The van der Waals surface area contributed by atoms with Gasteiger partial charge in [-0.2, -0.15) is 0 Å². The Morgan fingerprint density at radius 3 is 1.44 bits per heavy atom. The van der Waals surface area contributed by atoms with Crippen molar-refractivity contribution < 1.29 is 9.59 Å². The van der Waals surface area contributed by atoms with E-state index in [0.717, 1.165) is 57.6 Å². The van der Waals surface area contributed by atoms with Crippen LogP contribution in [0.4, 0.5) is 0 Å².